The van der Waals surface area contributed by atoms with Gasteiger partial charge in [-0.1, -0.05) is 12.1 Å². The standard InChI is InChI=1S/C12H9FN2O2S/c1-7(16)14-12-15-11(17)10(18-12)6-8-2-4-9(13)5-3-8/h2-6H,1H3,(H,14,15,16,17). The second kappa shape index (κ2) is 5.14. The number of halogens is 1. The van der Waals surface area contributed by atoms with Crippen molar-refractivity contribution in [3.8, 4) is 0 Å². The third-order valence-corrected chi connectivity index (χ3v) is 2.97. The number of aliphatic imine (C=N–C) groups is 1. The molecule has 0 atom stereocenters. The maximum absolute atomic E-state index is 12.7. The summed E-state index contributed by atoms with van der Waals surface area (Å²) in [6.45, 7) is 1.34. The van der Waals surface area contributed by atoms with E-state index in [1.54, 1.807) is 18.2 Å². The fourth-order valence-corrected chi connectivity index (χ4v) is 2.18. The third-order valence-electron chi connectivity index (χ3n) is 2.07. The lowest BCUT2D eigenvalue weighted by Gasteiger charge is -1.98. The van der Waals surface area contributed by atoms with E-state index >= 15 is 0 Å². The van der Waals surface area contributed by atoms with E-state index in [9.17, 15) is 14.0 Å². The first-order chi connectivity index (χ1) is 8.54. The minimum atomic E-state index is -0.409. The summed E-state index contributed by atoms with van der Waals surface area (Å²) in [5.74, 6) is -1.03. The predicted molar refractivity (Wildman–Crippen MR) is 68.2 cm³/mol. The zero-order valence-electron chi connectivity index (χ0n) is 9.44. The first-order valence-corrected chi connectivity index (χ1v) is 5.92. The maximum Gasteiger partial charge on any atom is 0.286 e. The molecule has 0 fully saturated rings. The van der Waals surface area contributed by atoms with E-state index in [0.29, 0.717) is 10.5 Å². The summed E-state index contributed by atoms with van der Waals surface area (Å²) in [6.07, 6.45) is 1.60. The molecule has 0 unspecified atom stereocenters. The number of hydrogen-bond acceptors (Lipinski definition) is 3. The van der Waals surface area contributed by atoms with Crippen molar-refractivity contribution in [3.63, 3.8) is 0 Å². The number of nitrogens with zero attached hydrogens (tertiary/aromatic N) is 1. The summed E-state index contributed by atoms with van der Waals surface area (Å²) >= 11 is 1.08. The molecule has 1 N–H and O–H groups in total. The van der Waals surface area contributed by atoms with Gasteiger partial charge in [-0.3, -0.25) is 9.59 Å². The van der Waals surface area contributed by atoms with Crippen LogP contribution in [-0.4, -0.2) is 17.0 Å². The van der Waals surface area contributed by atoms with Crippen LogP contribution in [0.15, 0.2) is 34.2 Å². The summed E-state index contributed by atoms with van der Waals surface area (Å²) in [6, 6.07) is 5.75. The van der Waals surface area contributed by atoms with Gasteiger partial charge in [0.1, 0.15) is 5.82 Å². The molecule has 2 rings (SSSR count). The molecule has 1 aromatic rings. The molecule has 1 heterocycles. The highest BCUT2D eigenvalue weighted by molar-refractivity contribution is 8.18. The van der Waals surface area contributed by atoms with E-state index in [1.807, 2.05) is 0 Å². The van der Waals surface area contributed by atoms with Gasteiger partial charge in [0, 0.05) is 6.92 Å². The minimum absolute atomic E-state index is 0.265. The van der Waals surface area contributed by atoms with Crippen molar-refractivity contribution in [1.29, 1.82) is 0 Å². The van der Waals surface area contributed by atoms with Gasteiger partial charge in [0.15, 0.2) is 5.17 Å². The van der Waals surface area contributed by atoms with Crippen LogP contribution in [0.1, 0.15) is 12.5 Å². The number of thioether (sulfide) groups is 1. The molecule has 92 valence electrons. The minimum Gasteiger partial charge on any atom is -0.305 e. The van der Waals surface area contributed by atoms with Crippen LogP contribution in [0.5, 0.6) is 0 Å². The number of benzene rings is 1. The SMILES string of the molecule is CC(=O)NC1=NC(=O)C(=Cc2ccc(F)cc2)S1. The summed E-state index contributed by atoms with van der Waals surface area (Å²) in [5.41, 5.74) is 0.700. The smallest absolute Gasteiger partial charge is 0.286 e. The molecule has 0 spiro atoms. The molecule has 0 saturated carbocycles. The molecule has 1 aliphatic heterocycles. The molecule has 0 aliphatic carbocycles. The van der Waals surface area contributed by atoms with Gasteiger partial charge in [0.25, 0.3) is 5.91 Å². The normalized spacial score (nSPS) is 16.9. The Kier molecular flexibility index (Phi) is 3.57. The molecule has 4 nitrogen and oxygen atoms in total. The fourth-order valence-electron chi connectivity index (χ4n) is 1.32. The summed E-state index contributed by atoms with van der Waals surface area (Å²) in [4.78, 5) is 26.5. The lowest BCUT2D eigenvalue weighted by molar-refractivity contribution is -0.117. The lowest BCUT2D eigenvalue weighted by Crippen LogP contribution is -2.23. The van der Waals surface area contributed by atoms with Gasteiger partial charge < -0.3 is 5.32 Å². The molecule has 18 heavy (non-hydrogen) atoms. The van der Waals surface area contributed by atoms with Crippen molar-refractivity contribution >= 4 is 34.8 Å². The second-order valence-corrected chi connectivity index (χ2v) is 4.60. The maximum atomic E-state index is 12.7. The predicted octanol–water partition coefficient (Wildman–Crippen LogP) is 1.93. The van der Waals surface area contributed by atoms with Crippen molar-refractivity contribution in [3.05, 3.63) is 40.6 Å². The monoisotopic (exact) mass is 264 g/mol. The Hall–Kier alpha value is -1.95. The van der Waals surface area contributed by atoms with E-state index in [4.69, 9.17) is 0 Å². The van der Waals surface area contributed by atoms with Gasteiger partial charge in [-0.2, -0.15) is 4.99 Å². The van der Waals surface area contributed by atoms with Gasteiger partial charge in [-0.15, -0.1) is 0 Å². The third kappa shape index (κ3) is 3.04. The number of carbonyl (C=O) groups excluding carboxylic acids is 2. The Bertz CT molecular complexity index is 564. The fraction of sp³-hybridized carbons (Fsp3) is 0.0833. The Morgan fingerprint density at radius 1 is 1.39 bits per heavy atom. The van der Waals surface area contributed by atoms with Gasteiger partial charge in [0.2, 0.25) is 5.91 Å². The van der Waals surface area contributed by atoms with Gasteiger partial charge in [-0.05, 0) is 35.5 Å². The van der Waals surface area contributed by atoms with E-state index < -0.39 is 5.91 Å². The molecule has 0 radical (unpaired) electrons. The molecule has 1 aliphatic rings. The number of rotatable bonds is 1. The lowest BCUT2D eigenvalue weighted by atomic mass is 10.2. The Morgan fingerprint density at radius 2 is 2.06 bits per heavy atom. The van der Waals surface area contributed by atoms with E-state index in [2.05, 4.69) is 10.3 Å². The number of amides is 2. The highest BCUT2D eigenvalue weighted by Crippen LogP contribution is 2.27. The summed E-state index contributed by atoms with van der Waals surface area (Å²) in [7, 11) is 0. The molecule has 1 aromatic carbocycles. The van der Waals surface area contributed by atoms with Crippen molar-refractivity contribution in [2.24, 2.45) is 4.99 Å². The van der Waals surface area contributed by atoms with Crippen LogP contribution >= 0.6 is 11.8 Å². The quantitative estimate of drug-likeness (QED) is 0.788. The van der Waals surface area contributed by atoms with Crippen LogP contribution < -0.4 is 5.32 Å². The topological polar surface area (TPSA) is 58.5 Å². The zero-order valence-corrected chi connectivity index (χ0v) is 10.3. The summed E-state index contributed by atoms with van der Waals surface area (Å²) < 4.78 is 12.7. The van der Waals surface area contributed by atoms with Gasteiger partial charge in [0.05, 0.1) is 4.91 Å². The average Bonchev–Trinajstić information content (AvgIpc) is 2.61. The Morgan fingerprint density at radius 3 is 2.67 bits per heavy atom. The molecule has 0 aromatic heterocycles. The first kappa shape index (κ1) is 12.5. The number of carbonyl (C=O) groups is 2. The van der Waals surface area contributed by atoms with E-state index in [1.165, 1.54) is 19.1 Å². The van der Waals surface area contributed by atoms with Gasteiger partial charge in [-0.25, -0.2) is 4.39 Å². The number of hydrogen-bond donors (Lipinski definition) is 1. The van der Waals surface area contributed by atoms with Gasteiger partial charge >= 0.3 is 0 Å². The Labute approximate surface area is 107 Å². The number of amidine groups is 1. The molecule has 2 amide bonds. The van der Waals surface area contributed by atoms with Crippen LogP contribution in [0.25, 0.3) is 6.08 Å². The highest BCUT2D eigenvalue weighted by atomic mass is 32.2. The van der Waals surface area contributed by atoms with Crippen molar-refractivity contribution < 1.29 is 14.0 Å². The van der Waals surface area contributed by atoms with Crippen LogP contribution in [0.2, 0.25) is 0 Å². The Balaban J connectivity index is 2.15. The van der Waals surface area contributed by atoms with Crippen LogP contribution in [0.3, 0.4) is 0 Å². The molecule has 6 heteroatoms. The summed E-state index contributed by atoms with van der Waals surface area (Å²) in [5, 5.41) is 2.71. The van der Waals surface area contributed by atoms with Crippen molar-refractivity contribution in [2.45, 2.75) is 6.92 Å². The molecule has 0 saturated heterocycles. The zero-order chi connectivity index (χ0) is 13.1. The molecular weight excluding hydrogens is 255 g/mol. The molecule has 0 bridgehead atoms. The van der Waals surface area contributed by atoms with E-state index in [-0.39, 0.29) is 16.9 Å². The highest BCUT2D eigenvalue weighted by Gasteiger charge is 2.22. The van der Waals surface area contributed by atoms with Crippen LogP contribution in [0, 0.1) is 5.82 Å². The van der Waals surface area contributed by atoms with Crippen molar-refractivity contribution in [1.82, 2.24) is 5.32 Å². The average molecular weight is 264 g/mol. The largest absolute Gasteiger partial charge is 0.305 e. The van der Waals surface area contributed by atoms with Crippen molar-refractivity contribution in [2.75, 3.05) is 0 Å². The van der Waals surface area contributed by atoms with Crippen LogP contribution in [0.4, 0.5) is 4.39 Å². The first-order valence-electron chi connectivity index (χ1n) is 5.10. The molecular formula is C12H9FN2O2S. The van der Waals surface area contributed by atoms with E-state index in [0.717, 1.165) is 11.8 Å². The number of nitrogens with one attached hydrogen (secondary N) is 1. The van der Waals surface area contributed by atoms with Crippen LogP contribution in [-0.2, 0) is 9.59 Å². The second-order valence-electron chi connectivity index (χ2n) is 3.57.